The van der Waals surface area contributed by atoms with Gasteiger partial charge in [0.2, 0.25) is 0 Å². The third kappa shape index (κ3) is 3.33. The Kier molecular flexibility index (Phi) is 4.46. The first-order valence-corrected chi connectivity index (χ1v) is 7.20. The number of hydrogen-bond acceptors (Lipinski definition) is 4. The highest BCUT2D eigenvalue weighted by Gasteiger charge is 2.15. The molecule has 2 N–H and O–H groups in total. The molecule has 1 heterocycles. The lowest BCUT2D eigenvalue weighted by Crippen LogP contribution is -2.19. The summed E-state index contributed by atoms with van der Waals surface area (Å²) in [6.07, 6.45) is 0. The van der Waals surface area contributed by atoms with Gasteiger partial charge in [0.1, 0.15) is 5.82 Å². The van der Waals surface area contributed by atoms with Crippen molar-refractivity contribution in [3.05, 3.63) is 45.6 Å². The number of benzene rings is 1. The Hall–Kier alpha value is -2.09. The lowest BCUT2D eigenvalue weighted by molar-refractivity contribution is 0.0696. The van der Waals surface area contributed by atoms with Gasteiger partial charge in [0.15, 0.2) is 5.16 Å². The standard InChI is InChI=1S/C13H14FN3O3S/c1-7(2)17-12(20)15-16-13(17)21-6-8-5-9(14)3-4-10(8)11(18)19/h3-5,7H,6H2,1-2H3,(H,15,20)(H,18,19). The van der Waals surface area contributed by atoms with Gasteiger partial charge in [-0.1, -0.05) is 11.8 Å². The van der Waals surface area contributed by atoms with Gasteiger partial charge in [0.05, 0.1) is 5.56 Å². The minimum atomic E-state index is -1.12. The van der Waals surface area contributed by atoms with Crippen molar-refractivity contribution in [1.82, 2.24) is 14.8 Å². The molecule has 0 amide bonds. The van der Waals surface area contributed by atoms with Crippen LogP contribution in [-0.4, -0.2) is 25.8 Å². The van der Waals surface area contributed by atoms with E-state index < -0.39 is 11.8 Å². The molecule has 0 saturated heterocycles. The summed E-state index contributed by atoms with van der Waals surface area (Å²) in [6.45, 7) is 3.68. The fourth-order valence-corrected chi connectivity index (χ4v) is 2.95. The number of aromatic carboxylic acids is 1. The molecular formula is C13H14FN3O3S. The van der Waals surface area contributed by atoms with E-state index in [4.69, 9.17) is 5.11 Å². The van der Waals surface area contributed by atoms with Crippen molar-refractivity contribution in [2.45, 2.75) is 30.8 Å². The number of nitrogens with zero attached hydrogens (tertiary/aromatic N) is 2. The second-order valence-electron chi connectivity index (χ2n) is 4.67. The molecule has 0 fully saturated rings. The number of aromatic amines is 1. The van der Waals surface area contributed by atoms with Crippen LogP contribution in [0.15, 0.2) is 28.2 Å². The summed E-state index contributed by atoms with van der Waals surface area (Å²) in [6, 6.07) is 3.44. The van der Waals surface area contributed by atoms with Crippen LogP contribution in [0.1, 0.15) is 35.8 Å². The first-order chi connectivity index (χ1) is 9.90. The molecule has 0 aliphatic heterocycles. The van der Waals surface area contributed by atoms with Crippen molar-refractivity contribution < 1.29 is 14.3 Å². The molecule has 0 saturated carbocycles. The number of H-pyrrole nitrogens is 1. The van der Waals surface area contributed by atoms with E-state index in [1.165, 1.54) is 28.5 Å². The zero-order chi connectivity index (χ0) is 15.6. The number of nitrogens with one attached hydrogen (secondary N) is 1. The predicted octanol–water partition coefficient (Wildman–Crippen LogP) is 2.28. The second kappa shape index (κ2) is 6.13. The van der Waals surface area contributed by atoms with Crippen LogP contribution in [0.5, 0.6) is 0 Å². The average Bonchev–Trinajstić information content (AvgIpc) is 2.77. The maximum atomic E-state index is 13.3. The zero-order valence-electron chi connectivity index (χ0n) is 11.5. The maximum absolute atomic E-state index is 13.3. The van der Waals surface area contributed by atoms with Gasteiger partial charge in [0.25, 0.3) is 0 Å². The lowest BCUT2D eigenvalue weighted by Gasteiger charge is -2.09. The maximum Gasteiger partial charge on any atom is 0.344 e. The number of rotatable bonds is 5. The van der Waals surface area contributed by atoms with Crippen LogP contribution in [0.2, 0.25) is 0 Å². The van der Waals surface area contributed by atoms with Crippen LogP contribution >= 0.6 is 11.8 Å². The van der Waals surface area contributed by atoms with Crippen molar-refractivity contribution in [3.63, 3.8) is 0 Å². The highest BCUT2D eigenvalue weighted by atomic mass is 32.2. The van der Waals surface area contributed by atoms with Gasteiger partial charge in [-0.05, 0) is 37.6 Å². The molecule has 1 aromatic heterocycles. The SMILES string of the molecule is CC(C)n1c(SCc2cc(F)ccc2C(=O)O)n[nH]c1=O. The fraction of sp³-hybridized carbons (Fsp3) is 0.308. The van der Waals surface area contributed by atoms with Crippen molar-refractivity contribution in [3.8, 4) is 0 Å². The van der Waals surface area contributed by atoms with Crippen LogP contribution in [0.4, 0.5) is 4.39 Å². The van der Waals surface area contributed by atoms with Crippen LogP contribution in [0.3, 0.4) is 0 Å². The summed E-state index contributed by atoms with van der Waals surface area (Å²) in [5, 5.41) is 15.8. The van der Waals surface area contributed by atoms with Crippen LogP contribution < -0.4 is 5.69 Å². The van der Waals surface area contributed by atoms with Gasteiger partial charge in [-0.3, -0.25) is 4.57 Å². The number of carboxylic acid groups (broad SMARTS) is 1. The molecule has 0 radical (unpaired) electrons. The molecule has 2 aromatic rings. The first kappa shape index (κ1) is 15.3. The lowest BCUT2D eigenvalue weighted by atomic mass is 10.1. The number of aromatic nitrogens is 3. The second-order valence-corrected chi connectivity index (χ2v) is 5.61. The highest BCUT2D eigenvalue weighted by molar-refractivity contribution is 7.98. The summed E-state index contributed by atoms with van der Waals surface area (Å²) in [4.78, 5) is 22.7. The third-order valence-corrected chi connectivity index (χ3v) is 3.84. The Labute approximate surface area is 124 Å². The zero-order valence-corrected chi connectivity index (χ0v) is 12.3. The fourth-order valence-electron chi connectivity index (χ4n) is 1.88. The number of carboxylic acids is 1. The van der Waals surface area contributed by atoms with E-state index in [1.807, 2.05) is 13.8 Å². The number of thioether (sulfide) groups is 1. The molecule has 8 heteroatoms. The minimum Gasteiger partial charge on any atom is -0.478 e. The first-order valence-electron chi connectivity index (χ1n) is 6.21. The number of halogens is 1. The van der Waals surface area contributed by atoms with Crippen LogP contribution in [-0.2, 0) is 5.75 Å². The van der Waals surface area contributed by atoms with Crippen LogP contribution in [0.25, 0.3) is 0 Å². The third-order valence-electron chi connectivity index (χ3n) is 2.84. The van der Waals surface area contributed by atoms with Gasteiger partial charge in [-0.15, -0.1) is 5.10 Å². The van der Waals surface area contributed by atoms with Crippen molar-refractivity contribution in [1.29, 1.82) is 0 Å². The van der Waals surface area contributed by atoms with Crippen molar-refractivity contribution in [2.75, 3.05) is 0 Å². The van der Waals surface area contributed by atoms with Crippen LogP contribution in [0, 0.1) is 5.82 Å². The molecule has 0 spiro atoms. The molecule has 0 bridgehead atoms. The van der Waals surface area contributed by atoms with Gasteiger partial charge in [0, 0.05) is 11.8 Å². The summed E-state index contributed by atoms with van der Waals surface area (Å²) >= 11 is 1.18. The summed E-state index contributed by atoms with van der Waals surface area (Å²) in [7, 11) is 0. The Morgan fingerprint density at radius 3 is 2.86 bits per heavy atom. The molecule has 1 aromatic carbocycles. The minimum absolute atomic E-state index is 0.0397. The van der Waals surface area contributed by atoms with E-state index in [9.17, 15) is 14.0 Å². The summed E-state index contributed by atoms with van der Waals surface area (Å²) in [5.41, 5.74) is 0.0568. The van der Waals surface area contributed by atoms with Gasteiger partial charge >= 0.3 is 11.7 Å². The van der Waals surface area contributed by atoms with E-state index >= 15 is 0 Å². The molecule has 0 unspecified atom stereocenters. The van der Waals surface area contributed by atoms with E-state index in [2.05, 4.69) is 10.2 Å². The van der Waals surface area contributed by atoms with E-state index in [0.717, 1.165) is 6.07 Å². The molecule has 0 aliphatic rings. The Morgan fingerprint density at radius 1 is 1.52 bits per heavy atom. The molecular weight excluding hydrogens is 297 g/mol. The molecule has 112 valence electrons. The molecule has 6 nitrogen and oxygen atoms in total. The monoisotopic (exact) mass is 311 g/mol. The smallest absolute Gasteiger partial charge is 0.344 e. The largest absolute Gasteiger partial charge is 0.478 e. The van der Waals surface area contributed by atoms with E-state index in [0.29, 0.717) is 10.7 Å². The number of carbonyl (C=O) groups is 1. The van der Waals surface area contributed by atoms with E-state index in [-0.39, 0.29) is 23.0 Å². The molecule has 0 atom stereocenters. The summed E-state index contributed by atoms with van der Waals surface area (Å²) in [5.74, 6) is -1.41. The number of hydrogen-bond donors (Lipinski definition) is 2. The predicted molar refractivity (Wildman–Crippen MR) is 76.2 cm³/mol. The topological polar surface area (TPSA) is 88.0 Å². The van der Waals surface area contributed by atoms with E-state index in [1.54, 1.807) is 0 Å². The van der Waals surface area contributed by atoms with Gasteiger partial charge in [-0.2, -0.15) is 0 Å². The Balaban J connectivity index is 2.27. The van der Waals surface area contributed by atoms with Gasteiger partial charge < -0.3 is 5.11 Å². The van der Waals surface area contributed by atoms with Crippen molar-refractivity contribution in [2.24, 2.45) is 0 Å². The summed E-state index contributed by atoms with van der Waals surface area (Å²) < 4.78 is 14.7. The quantitative estimate of drug-likeness (QED) is 0.827. The molecule has 0 aliphatic carbocycles. The van der Waals surface area contributed by atoms with Gasteiger partial charge in [-0.25, -0.2) is 19.1 Å². The molecule has 2 rings (SSSR count). The average molecular weight is 311 g/mol. The highest BCUT2D eigenvalue weighted by Crippen LogP contribution is 2.24. The Morgan fingerprint density at radius 2 is 2.24 bits per heavy atom. The normalized spacial score (nSPS) is 11.0. The molecule has 21 heavy (non-hydrogen) atoms. The Bertz CT molecular complexity index is 724. The van der Waals surface area contributed by atoms with Crippen molar-refractivity contribution >= 4 is 17.7 Å².